The number of urea groups is 1. The third-order valence-electron chi connectivity index (χ3n) is 6.27. The Kier molecular flexibility index (Phi) is 5.73. The zero-order chi connectivity index (χ0) is 20.3. The highest BCUT2D eigenvalue weighted by atomic mass is 32.1. The summed E-state index contributed by atoms with van der Waals surface area (Å²) in [7, 11) is 0. The van der Waals surface area contributed by atoms with E-state index in [2.05, 4.69) is 28.4 Å². The van der Waals surface area contributed by atoms with Gasteiger partial charge in [-0.25, -0.2) is 9.78 Å². The van der Waals surface area contributed by atoms with Gasteiger partial charge in [0.2, 0.25) is 0 Å². The van der Waals surface area contributed by atoms with Crippen molar-refractivity contribution in [3.8, 4) is 0 Å². The molecule has 2 aromatic heterocycles. The summed E-state index contributed by atoms with van der Waals surface area (Å²) in [5.74, 6) is 1.25. The monoisotopic (exact) mass is 424 g/mol. The lowest BCUT2D eigenvalue weighted by Gasteiger charge is -2.33. The van der Waals surface area contributed by atoms with Crippen LogP contribution >= 0.6 is 11.3 Å². The lowest BCUT2D eigenvalue weighted by atomic mass is 9.99. The molecule has 4 heterocycles. The lowest BCUT2D eigenvalue weighted by Crippen LogP contribution is -2.47. The Labute approximate surface area is 180 Å². The molecule has 2 saturated heterocycles. The number of rotatable bonds is 5. The number of benzene rings is 1. The average molecular weight is 425 g/mol. The maximum Gasteiger partial charge on any atom is 0.317 e. The highest BCUT2D eigenvalue weighted by molar-refractivity contribution is 7.18. The molecule has 3 aromatic rings. The van der Waals surface area contributed by atoms with Gasteiger partial charge in [-0.05, 0) is 63.0 Å². The Morgan fingerprint density at radius 1 is 1.17 bits per heavy atom. The number of likely N-dealkylation sites (tertiary alicyclic amines) is 2. The first kappa shape index (κ1) is 19.6. The maximum atomic E-state index is 13.0. The number of para-hydroxylation sites is 1. The first-order valence-electron chi connectivity index (χ1n) is 10.9. The first-order valence-corrected chi connectivity index (χ1v) is 11.8. The van der Waals surface area contributed by atoms with E-state index in [-0.39, 0.29) is 12.1 Å². The molecular formula is C23H28N4O2S. The zero-order valence-electron chi connectivity index (χ0n) is 17.1. The normalized spacial score (nSPS) is 21.2. The summed E-state index contributed by atoms with van der Waals surface area (Å²) in [5, 5.41) is 4.34. The first-order chi connectivity index (χ1) is 14.8. The molecule has 0 aliphatic carbocycles. The van der Waals surface area contributed by atoms with Crippen LogP contribution in [0.25, 0.3) is 10.2 Å². The van der Waals surface area contributed by atoms with Gasteiger partial charge in [0.25, 0.3) is 0 Å². The topological polar surface area (TPSA) is 61.6 Å². The van der Waals surface area contributed by atoms with Gasteiger partial charge in [0.15, 0.2) is 0 Å². The van der Waals surface area contributed by atoms with Crippen molar-refractivity contribution in [1.29, 1.82) is 0 Å². The number of carbonyl (C=O) groups is 1. The van der Waals surface area contributed by atoms with Gasteiger partial charge in [-0.15, -0.1) is 11.3 Å². The van der Waals surface area contributed by atoms with Crippen molar-refractivity contribution in [3.05, 3.63) is 53.4 Å². The summed E-state index contributed by atoms with van der Waals surface area (Å²) < 4.78 is 6.90. The van der Waals surface area contributed by atoms with Crippen LogP contribution in [0.5, 0.6) is 0 Å². The summed E-state index contributed by atoms with van der Waals surface area (Å²) in [6.07, 6.45) is 6.24. The smallest absolute Gasteiger partial charge is 0.317 e. The van der Waals surface area contributed by atoms with E-state index >= 15 is 0 Å². The minimum Gasteiger partial charge on any atom is -0.468 e. The molecule has 2 amide bonds. The molecule has 2 unspecified atom stereocenters. The molecule has 2 aliphatic rings. The molecule has 158 valence electrons. The van der Waals surface area contributed by atoms with Gasteiger partial charge in [0.1, 0.15) is 5.76 Å². The third-order valence-corrected chi connectivity index (χ3v) is 7.47. The van der Waals surface area contributed by atoms with Gasteiger partial charge >= 0.3 is 6.03 Å². The Morgan fingerprint density at radius 3 is 2.83 bits per heavy atom. The van der Waals surface area contributed by atoms with E-state index in [1.807, 2.05) is 23.1 Å². The molecule has 6 nitrogen and oxygen atoms in total. The molecule has 30 heavy (non-hydrogen) atoms. The van der Waals surface area contributed by atoms with Crippen LogP contribution in [0.2, 0.25) is 0 Å². The van der Waals surface area contributed by atoms with E-state index < -0.39 is 0 Å². The van der Waals surface area contributed by atoms with Crippen molar-refractivity contribution in [3.63, 3.8) is 0 Å². The van der Waals surface area contributed by atoms with E-state index in [1.165, 1.54) is 17.5 Å². The number of nitrogens with one attached hydrogen (secondary N) is 1. The third kappa shape index (κ3) is 4.09. The fourth-order valence-corrected chi connectivity index (χ4v) is 5.76. The van der Waals surface area contributed by atoms with Crippen molar-refractivity contribution in [2.45, 2.75) is 37.6 Å². The van der Waals surface area contributed by atoms with Crippen molar-refractivity contribution >= 4 is 27.6 Å². The highest BCUT2D eigenvalue weighted by Crippen LogP contribution is 2.33. The van der Waals surface area contributed by atoms with Crippen LogP contribution in [0.4, 0.5) is 4.79 Å². The van der Waals surface area contributed by atoms with Crippen molar-refractivity contribution in [1.82, 2.24) is 20.1 Å². The quantitative estimate of drug-likeness (QED) is 0.649. The van der Waals surface area contributed by atoms with Crippen molar-refractivity contribution < 1.29 is 9.21 Å². The molecule has 2 atom stereocenters. The Bertz CT molecular complexity index is 947. The Morgan fingerprint density at radius 2 is 2.03 bits per heavy atom. The van der Waals surface area contributed by atoms with Crippen LogP contribution < -0.4 is 5.32 Å². The predicted molar refractivity (Wildman–Crippen MR) is 119 cm³/mol. The Hall–Kier alpha value is -2.38. The fourth-order valence-electron chi connectivity index (χ4n) is 4.67. The largest absolute Gasteiger partial charge is 0.468 e. The molecule has 7 heteroatoms. The number of fused-ring (bicyclic) bond motifs is 1. The van der Waals surface area contributed by atoms with Gasteiger partial charge in [-0.2, -0.15) is 0 Å². The molecule has 2 fully saturated rings. The summed E-state index contributed by atoms with van der Waals surface area (Å²) in [5.41, 5.74) is 1.06. The summed E-state index contributed by atoms with van der Waals surface area (Å²) in [6, 6.07) is 12.3. The van der Waals surface area contributed by atoms with Crippen molar-refractivity contribution in [2.24, 2.45) is 0 Å². The second kappa shape index (κ2) is 8.78. The van der Waals surface area contributed by atoms with Gasteiger partial charge in [-0.1, -0.05) is 12.1 Å². The maximum absolute atomic E-state index is 13.0. The van der Waals surface area contributed by atoms with E-state index in [4.69, 9.17) is 9.40 Å². The SMILES string of the molecule is O=C(NCC(c1ccco1)N1CCCC1)N1CCCC(c2nc3ccccc3s2)C1. The number of amides is 2. The highest BCUT2D eigenvalue weighted by Gasteiger charge is 2.29. The molecule has 5 rings (SSSR count). The molecule has 1 aromatic carbocycles. The van der Waals surface area contributed by atoms with Crippen LogP contribution in [0.1, 0.15) is 48.4 Å². The fraction of sp³-hybridized carbons (Fsp3) is 0.478. The number of hydrogen-bond acceptors (Lipinski definition) is 5. The number of carbonyl (C=O) groups excluding carboxylic acids is 1. The van der Waals surface area contributed by atoms with Gasteiger partial charge in [-0.3, -0.25) is 4.90 Å². The molecule has 0 spiro atoms. The van der Waals surface area contributed by atoms with Crippen LogP contribution in [-0.2, 0) is 0 Å². The number of hydrogen-bond donors (Lipinski definition) is 1. The van der Waals surface area contributed by atoms with E-state index in [9.17, 15) is 4.79 Å². The summed E-state index contributed by atoms with van der Waals surface area (Å²) in [4.78, 5) is 22.2. The number of thiazole rings is 1. The molecule has 2 aliphatic heterocycles. The van der Waals surface area contributed by atoms with Gasteiger partial charge < -0.3 is 14.6 Å². The molecule has 0 bridgehead atoms. The van der Waals surface area contributed by atoms with Gasteiger partial charge in [0.05, 0.1) is 27.5 Å². The molecule has 0 radical (unpaired) electrons. The predicted octanol–water partition coefficient (Wildman–Crippen LogP) is 4.62. The zero-order valence-corrected chi connectivity index (χ0v) is 17.9. The van der Waals surface area contributed by atoms with Crippen LogP contribution in [0.15, 0.2) is 47.1 Å². The number of furan rings is 1. The number of aromatic nitrogens is 1. The minimum atomic E-state index is 0.0246. The molecular weight excluding hydrogens is 396 g/mol. The molecule has 1 N–H and O–H groups in total. The van der Waals surface area contributed by atoms with Gasteiger partial charge in [0, 0.05) is 25.6 Å². The summed E-state index contributed by atoms with van der Waals surface area (Å²) in [6.45, 7) is 4.24. The van der Waals surface area contributed by atoms with Crippen LogP contribution in [-0.4, -0.2) is 53.5 Å². The van der Waals surface area contributed by atoms with Crippen molar-refractivity contribution in [2.75, 3.05) is 32.7 Å². The number of nitrogens with zero attached hydrogens (tertiary/aromatic N) is 3. The molecule has 0 saturated carbocycles. The average Bonchev–Trinajstić information content (AvgIpc) is 3.55. The van der Waals surface area contributed by atoms with Crippen LogP contribution in [0.3, 0.4) is 0 Å². The van der Waals surface area contributed by atoms with E-state index in [0.29, 0.717) is 12.5 Å². The standard InChI is InChI=1S/C23H28N4O2S/c28-23(24-15-19(20-9-6-14-29-20)26-11-3-4-12-26)27-13-5-7-17(16-27)22-25-18-8-1-2-10-21(18)30-22/h1-2,6,8-10,14,17,19H,3-5,7,11-13,15-16H2,(H,24,28). The summed E-state index contributed by atoms with van der Waals surface area (Å²) >= 11 is 1.76. The van der Waals surface area contributed by atoms with E-state index in [0.717, 1.165) is 55.3 Å². The van der Waals surface area contributed by atoms with Crippen LogP contribution in [0, 0.1) is 0 Å². The van der Waals surface area contributed by atoms with E-state index in [1.54, 1.807) is 17.6 Å². The minimum absolute atomic E-state index is 0.0246. The second-order valence-corrected chi connectivity index (χ2v) is 9.33. The lowest BCUT2D eigenvalue weighted by molar-refractivity contribution is 0.168. The second-order valence-electron chi connectivity index (χ2n) is 8.27. The Balaban J connectivity index is 1.23. The number of piperidine rings is 1.